The largest absolute Gasteiger partial charge is 0.366 e. The van der Waals surface area contributed by atoms with E-state index in [4.69, 9.17) is 5.73 Å². The van der Waals surface area contributed by atoms with Crippen molar-refractivity contribution in [3.05, 3.63) is 66.4 Å². The summed E-state index contributed by atoms with van der Waals surface area (Å²) < 4.78 is 2.06. The summed E-state index contributed by atoms with van der Waals surface area (Å²) in [4.78, 5) is 12.7. The summed E-state index contributed by atoms with van der Waals surface area (Å²) in [6.45, 7) is 0. The number of carbonyl (C=O) groups excluding carboxylic acids is 1. The normalized spacial score (nSPS) is 10.8. The maximum absolute atomic E-state index is 11.5. The molecule has 1 amide bonds. The number of amides is 1. The summed E-state index contributed by atoms with van der Waals surface area (Å²) in [7, 11) is 0. The van der Waals surface area contributed by atoms with Gasteiger partial charge in [-0.2, -0.15) is 0 Å². The number of para-hydroxylation sites is 1. The second-order valence-electron chi connectivity index (χ2n) is 4.48. The average Bonchev–Trinajstić information content (AvgIpc) is 2.85. The Morgan fingerprint density at radius 2 is 1.75 bits per heavy atom. The molecule has 0 spiro atoms. The van der Waals surface area contributed by atoms with Crippen molar-refractivity contribution in [3.63, 3.8) is 0 Å². The summed E-state index contributed by atoms with van der Waals surface area (Å²) in [5.74, 6) is 0.363. The summed E-state index contributed by atoms with van der Waals surface area (Å²) >= 11 is 1.72. The quantitative estimate of drug-likeness (QED) is 0.745. The maximum atomic E-state index is 11.5. The predicted molar refractivity (Wildman–Crippen MR) is 82.8 cm³/mol. The molecule has 3 rings (SSSR count). The molecule has 2 N–H and O–H groups in total. The molecular formula is C16H14N2OS. The average molecular weight is 282 g/mol. The SMILES string of the molecule is NC(=O)c1cn(CSc2ccccc2)c2ccccc12. The van der Waals surface area contributed by atoms with Crippen molar-refractivity contribution in [2.75, 3.05) is 0 Å². The van der Waals surface area contributed by atoms with Gasteiger partial charge < -0.3 is 10.3 Å². The second kappa shape index (κ2) is 5.43. The van der Waals surface area contributed by atoms with Crippen LogP contribution in [0.1, 0.15) is 10.4 Å². The molecule has 2 aromatic carbocycles. The number of benzene rings is 2. The minimum absolute atomic E-state index is 0.385. The summed E-state index contributed by atoms with van der Waals surface area (Å²) in [6, 6.07) is 18.0. The molecule has 0 unspecified atom stereocenters. The van der Waals surface area contributed by atoms with Crippen LogP contribution in [0.25, 0.3) is 10.9 Å². The fourth-order valence-corrected chi connectivity index (χ4v) is 3.06. The van der Waals surface area contributed by atoms with Gasteiger partial charge in [0.05, 0.1) is 11.4 Å². The molecule has 3 nitrogen and oxygen atoms in total. The smallest absolute Gasteiger partial charge is 0.250 e. The lowest BCUT2D eigenvalue weighted by Gasteiger charge is -2.04. The molecule has 0 fully saturated rings. The lowest BCUT2D eigenvalue weighted by atomic mass is 10.2. The lowest BCUT2D eigenvalue weighted by Crippen LogP contribution is -2.10. The Balaban J connectivity index is 1.94. The van der Waals surface area contributed by atoms with Crippen molar-refractivity contribution in [1.82, 2.24) is 4.57 Å². The van der Waals surface area contributed by atoms with Gasteiger partial charge >= 0.3 is 0 Å². The number of fused-ring (bicyclic) bond motifs is 1. The monoisotopic (exact) mass is 282 g/mol. The number of carbonyl (C=O) groups is 1. The number of hydrogen-bond donors (Lipinski definition) is 1. The highest BCUT2D eigenvalue weighted by Gasteiger charge is 2.11. The van der Waals surface area contributed by atoms with E-state index in [0.29, 0.717) is 5.56 Å². The summed E-state index contributed by atoms with van der Waals surface area (Å²) in [5.41, 5.74) is 7.05. The molecule has 100 valence electrons. The molecule has 0 radical (unpaired) electrons. The van der Waals surface area contributed by atoms with Crippen LogP contribution in [0.4, 0.5) is 0 Å². The molecule has 1 aromatic heterocycles. The van der Waals surface area contributed by atoms with Crippen molar-refractivity contribution < 1.29 is 4.79 Å². The van der Waals surface area contributed by atoms with Gasteiger partial charge in [0.15, 0.2) is 0 Å². The van der Waals surface area contributed by atoms with Crippen LogP contribution in [0.2, 0.25) is 0 Å². The maximum Gasteiger partial charge on any atom is 0.250 e. The predicted octanol–water partition coefficient (Wildman–Crippen LogP) is 3.49. The Bertz CT molecular complexity index is 750. The van der Waals surface area contributed by atoms with E-state index in [-0.39, 0.29) is 5.91 Å². The molecule has 20 heavy (non-hydrogen) atoms. The Morgan fingerprint density at radius 1 is 1.05 bits per heavy atom. The Morgan fingerprint density at radius 3 is 2.50 bits per heavy atom. The fourth-order valence-electron chi connectivity index (χ4n) is 2.21. The number of nitrogens with two attached hydrogens (primary N) is 1. The van der Waals surface area contributed by atoms with Crippen LogP contribution in [0.15, 0.2) is 65.7 Å². The zero-order valence-electron chi connectivity index (χ0n) is 10.8. The topological polar surface area (TPSA) is 48.0 Å². The molecule has 0 aliphatic heterocycles. The van der Waals surface area contributed by atoms with Gasteiger partial charge in [0.25, 0.3) is 5.91 Å². The van der Waals surface area contributed by atoms with E-state index in [2.05, 4.69) is 16.7 Å². The van der Waals surface area contributed by atoms with Crippen molar-refractivity contribution in [2.45, 2.75) is 10.8 Å². The van der Waals surface area contributed by atoms with E-state index >= 15 is 0 Å². The number of nitrogens with zero attached hydrogens (tertiary/aromatic N) is 1. The van der Waals surface area contributed by atoms with Gasteiger partial charge in [0.2, 0.25) is 0 Å². The molecule has 0 atom stereocenters. The van der Waals surface area contributed by atoms with Crippen LogP contribution >= 0.6 is 11.8 Å². The van der Waals surface area contributed by atoms with Crippen molar-refractivity contribution in [3.8, 4) is 0 Å². The minimum Gasteiger partial charge on any atom is -0.366 e. The Kier molecular flexibility index (Phi) is 3.48. The molecule has 3 aromatic rings. The van der Waals surface area contributed by atoms with E-state index in [9.17, 15) is 4.79 Å². The second-order valence-corrected chi connectivity index (χ2v) is 5.50. The molecule has 4 heteroatoms. The first-order valence-electron chi connectivity index (χ1n) is 6.31. The number of aromatic nitrogens is 1. The van der Waals surface area contributed by atoms with Gasteiger partial charge in [-0.1, -0.05) is 36.4 Å². The van der Waals surface area contributed by atoms with E-state index < -0.39 is 0 Å². The number of hydrogen-bond acceptors (Lipinski definition) is 2. The molecular weight excluding hydrogens is 268 g/mol. The van der Waals surface area contributed by atoms with E-state index in [1.54, 1.807) is 11.8 Å². The van der Waals surface area contributed by atoms with Gasteiger partial charge in [0, 0.05) is 22.0 Å². The molecule has 0 saturated heterocycles. The first kappa shape index (κ1) is 12.8. The van der Waals surface area contributed by atoms with Gasteiger partial charge in [-0.3, -0.25) is 4.79 Å². The molecule has 1 heterocycles. The zero-order chi connectivity index (χ0) is 13.9. The van der Waals surface area contributed by atoms with Gasteiger partial charge in [-0.25, -0.2) is 0 Å². The van der Waals surface area contributed by atoms with E-state index in [0.717, 1.165) is 16.8 Å². The zero-order valence-corrected chi connectivity index (χ0v) is 11.6. The highest BCUT2D eigenvalue weighted by Crippen LogP contribution is 2.25. The highest BCUT2D eigenvalue weighted by atomic mass is 32.2. The number of rotatable bonds is 4. The number of primary amides is 1. The van der Waals surface area contributed by atoms with Crippen LogP contribution in [-0.2, 0) is 5.88 Å². The van der Waals surface area contributed by atoms with Crippen molar-refractivity contribution >= 4 is 28.6 Å². The lowest BCUT2D eigenvalue weighted by molar-refractivity contribution is 0.100. The van der Waals surface area contributed by atoms with Crippen LogP contribution in [0.3, 0.4) is 0 Å². The van der Waals surface area contributed by atoms with E-state index in [1.807, 2.05) is 48.7 Å². The van der Waals surface area contributed by atoms with Gasteiger partial charge in [-0.15, -0.1) is 11.8 Å². The third-order valence-corrected chi connectivity index (χ3v) is 4.18. The van der Waals surface area contributed by atoms with Crippen LogP contribution < -0.4 is 5.73 Å². The van der Waals surface area contributed by atoms with Crippen LogP contribution in [0, 0.1) is 0 Å². The highest BCUT2D eigenvalue weighted by molar-refractivity contribution is 7.98. The first-order chi connectivity index (χ1) is 9.75. The fraction of sp³-hybridized carbons (Fsp3) is 0.0625. The first-order valence-corrected chi connectivity index (χ1v) is 7.30. The van der Waals surface area contributed by atoms with Crippen LogP contribution in [0.5, 0.6) is 0 Å². The standard InChI is InChI=1S/C16H14N2OS/c17-16(19)14-10-18(15-9-5-4-8-13(14)15)11-20-12-6-2-1-3-7-12/h1-10H,11H2,(H2,17,19). The Hall–Kier alpha value is -2.20. The van der Waals surface area contributed by atoms with Crippen molar-refractivity contribution in [1.29, 1.82) is 0 Å². The van der Waals surface area contributed by atoms with Crippen LogP contribution in [-0.4, -0.2) is 10.5 Å². The third-order valence-electron chi connectivity index (χ3n) is 3.17. The van der Waals surface area contributed by atoms with E-state index in [1.165, 1.54) is 4.90 Å². The molecule has 0 bridgehead atoms. The van der Waals surface area contributed by atoms with Gasteiger partial charge in [-0.05, 0) is 18.2 Å². The van der Waals surface area contributed by atoms with Gasteiger partial charge in [0.1, 0.15) is 0 Å². The summed E-state index contributed by atoms with van der Waals surface area (Å²) in [6.07, 6.45) is 1.84. The molecule has 0 aliphatic rings. The number of thioether (sulfide) groups is 1. The molecule has 0 aliphatic carbocycles. The third kappa shape index (κ3) is 2.42. The van der Waals surface area contributed by atoms with Crippen molar-refractivity contribution in [2.24, 2.45) is 5.73 Å². The Labute approximate surface area is 121 Å². The minimum atomic E-state index is -0.385. The summed E-state index contributed by atoms with van der Waals surface area (Å²) in [5, 5.41) is 0.911. The molecule has 0 saturated carbocycles.